The molecule has 0 radical (unpaired) electrons. The largest absolute Gasteiger partial charge is 0.333 e. The second-order valence-corrected chi connectivity index (χ2v) is 11.3. The van der Waals surface area contributed by atoms with Crippen LogP contribution in [0.2, 0.25) is 0 Å². The van der Waals surface area contributed by atoms with Crippen molar-refractivity contribution in [1.29, 1.82) is 0 Å². The zero-order chi connectivity index (χ0) is 28.9. The molecule has 0 bridgehead atoms. The maximum absolute atomic E-state index is 15.6. The third-order valence-corrected chi connectivity index (χ3v) is 8.42. The van der Waals surface area contributed by atoms with Crippen molar-refractivity contribution in [2.24, 2.45) is 0 Å². The molecule has 41 heavy (non-hydrogen) atoms. The minimum Gasteiger partial charge on any atom is -0.333 e. The zero-order valence-electron chi connectivity index (χ0n) is 21.9. The topological polar surface area (TPSA) is 118 Å². The van der Waals surface area contributed by atoms with Gasteiger partial charge in [0.25, 0.3) is 10.0 Å². The predicted octanol–water partition coefficient (Wildman–Crippen LogP) is 4.47. The number of pyridine rings is 1. The molecular formula is C27H23F3N8O2S. The van der Waals surface area contributed by atoms with Crippen molar-refractivity contribution in [3.05, 3.63) is 89.3 Å². The summed E-state index contributed by atoms with van der Waals surface area (Å²) in [5.74, 6) is -2.50. The number of benzene rings is 2. The molecule has 0 amide bonds. The fourth-order valence-corrected chi connectivity index (χ4v) is 6.03. The molecule has 210 valence electrons. The first kappa shape index (κ1) is 26.7. The quantitative estimate of drug-likeness (QED) is 0.302. The van der Waals surface area contributed by atoms with Crippen LogP contribution >= 0.6 is 0 Å². The fourth-order valence-electron chi connectivity index (χ4n) is 4.71. The molecule has 6 rings (SSSR count). The van der Waals surface area contributed by atoms with Gasteiger partial charge in [-0.05, 0) is 62.4 Å². The maximum atomic E-state index is 15.6. The van der Waals surface area contributed by atoms with E-state index in [2.05, 4.69) is 35.0 Å². The van der Waals surface area contributed by atoms with E-state index in [4.69, 9.17) is 0 Å². The number of rotatable bonds is 6. The highest BCUT2D eigenvalue weighted by molar-refractivity contribution is 7.92. The van der Waals surface area contributed by atoms with Gasteiger partial charge >= 0.3 is 0 Å². The van der Waals surface area contributed by atoms with Gasteiger partial charge in [-0.2, -0.15) is 5.10 Å². The maximum Gasteiger partial charge on any atom is 0.262 e. The lowest BCUT2D eigenvalue weighted by atomic mass is 10.1. The highest BCUT2D eigenvalue weighted by Gasteiger charge is 2.24. The number of fused-ring (bicyclic) bond motifs is 2. The number of anilines is 3. The van der Waals surface area contributed by atoms with Crippen LogP contribution < -0.4 is 10.0 Å². The molecule has 2 aromatic carbocycles. The second kappa shape index (κ2) is 10.1. The molecule has 0 atom stereocenters. The minimum atomic E-state index is -4.40. The first-order chi connectivity index (χ1) is 19.6. The summed E-state index contributed by atoms with van der Waals surface area (Å²) in [5.41, 5.74) is 1.39. The molecule has 0 saturated heterocycles. The van der Waals surface area contributed by atoms with Crippen LogP contribution in [0.5, 0.6) is 0 Å². The van der Waals surface area contributed by atoms with E-state index in [0.29, 0.717) is 17.9 Å². The Morgan fingerprint density at radius 2 is 1.83 bits per heavy atom. The Morgan fingerprint density at radius 1 is 1.00 bits per heavy atom. The average Bonchev–Trinajstić information content (AvgIpc) is 3.37. The average molecular weight is 581 g/mol. The van der Waals surface area contributed by atoms with Crippen molar-refractivity contribution in [3.8, 4) is 5.82 Å². The van der Waals surface area contributed by atoms with Crippen molar-refractivity contribution in [1.82, 2.24) is 29.6 Å². The Labute approximate surface area is 232 Å². The number of halogens is 3. The lowest BCUT2D eigenvalue weighted by Gasteiger charge is -2.23. The Hall–Kier alpha value is -4.56. The molecule has 10 nitrogen and oxygen atoms in total. The summed E-state index contributed by atoms with van der Waals surface area (Å²) in [6.45, 7) is 2.89. The number of aromatic nitrogens is 5. The summed E-state index contributed by atoms with van der Waals surface area (Å²) in [4.78, 5) is 14.8. The third-order valence-electron chi connectivity index (χ3n) is 6.91. The van der Waals surface area contributed by atoms with Gasteiger partial charge in [0.05, 0.1) is 28.0 Å². The molecule has 0 unspecified atom stereocenters. The summed E-state index contributed by atoms with van der Waals surface area (Å²) in [6, 6.07) is 8.80. The Balaban J connectivity index is 1.37. The molecule has 5 aromatic rings. The van der Waals surface area contributed by atoms with E-state index in [1.54, 1.807) is 23.0 Å². The molecule has 0 fully saturated rings. The van der Waals surface area contributed by atoms with Gasteiger partial charge in [-0.25, -0.2) is 41.2 Å². The van der Waals surface area contributed by atoms with E-state index >= 15 is 4.39 Å². The minimum absolute atomic E-state index is 0.00576. The van der Waals surface area contributed by atoms with E-state index in [-0.39, 0.29) is 21.8 Å². The van der Waals surface area contributed by atoms with Crippen molar-refractivity contribution < 1.29 is 21.6 Å². The number of hydrogen-bond acceptors (Lipinski definition) is 8. The fraction of sp³-hybridized carbons (Fsp3) is 0.185. The third kappa shape index (κ3) is 4.85. The summed E-state index contributed by atoms with van der Waals surface area (Å²) in [5, 5.41) is 7.11. The molecule has 3 aromatic heterocycles. The van der Waals surface area contributed by atoms with Crippen LogP contribution in [-0.2, 0) is 23.0 Å². The number of nitrogens with zero attached hydrogens (tertiary/aromatic N) is 6. The lowest BCUT2D eigenvalue weighted by molar-refractivity contribution is 0.305. The van der Waals surface area contributed by atoms with Crippen LogP contribution in [0.3, 0.4) is 0 Å². The predicted molar refractivity (Wildman–Crippen MR) is 146 cm³/mol. The van der Waals surface area contributed by atoms with Crippen molar-refractivity contribution >= 4 is 38.2 Å². The van der Waals surface area contributed by atoms with Crippen LogP contribution in [0.1, 0.15) is 16.8 Å². The highest BCUT2D eigenvalue weighted by Crippen LogP contribution is 2.32. The Morgan fingerprint density at radius 3 is 2.66 bits per heavy atom. The highest BCUT2D eigenvalue weighted by atomic mass is 32.2. The second-order valence-electron chi connectivity index (χ2n) is 9.65. The van der Waals surface area contributed by atoms with Crippen LogP contribution in [0, 0.1) is 24.4 Å². The summed E-state index contributed by atoms with van der Waals surface area (Å²) >= 11 is 0. The SMILES string of the molecule is Cc1c(F)cccc1S(=O)(=O)Nc1ccc(F)c(Nc2ncnc3ccc(-n4ncc5c4CN(C)CC5)nc23)c1F. The standard InChI is InChI=1S/C27H23F3N8O2S/c1-15-17(28)4-3-5-22(15)41(39,40)36-19-7-6-18(29)25(24(19)30)35-27-26-20(31-14-32-27)8-9-23(34-26)38-21-13-37(2)11-10-16(21)12-33-38/h3-9,12,14,36H,10-11,13H2,1-2H3,(H,31,32,35). The lowest BCUT2D eigenvalue weighted by Crippen LogP contribution is -2.27. The van der Waals surface area contributed by atoms with Crippen LogP contribution in [0.25, 0.3) is 16.9 Å². The summed E-state index contributed by atoms with van der Waals surface area (Å²) in [7, 11) is -2.39. The molecule has 4 heterocycles. The molecule has 1 aliphatic heterocycles. The van der Waals surface area contributed by atoms with Gasteiger partial charge in [0.1, 0.15) is 29.2 Å². The van der Waals surface area contributed by atoms with Crippen LogP contribution in [0.4, 0.5) is 30.4 Å². The molecule has 0 spiro atoms. The normalized spacial score (nSPS) is 13.8. The summed E-state index contributed by atoms with van der Waals surface area (Å²) < 4.78 is 74.1. The van der Waals surface area contributed by atoms with Gasteiger partial charge in [-0.15, -0.1) is 0 Å². The Kier molecular flexibility index (Phi) is 6.58. The Bertz CT molecular complexity index is 1930. The monoisotopic (exact) mass is 580 g/mol. The molecule has 1 aliphatic rings. The zero-order valence-corrected chi connectivity index (χ0v) is 22.7. The van der Waals surface area contributed by atoms with E-state index in [1.165, 1.54) is 25.4 Å². The molecule has 0 aliphatic carbocycles. The van der Waals surface area contributed by atoms with Gasteiger partial charge in [0, 0.05) is 18.7 Å². The van der Waals surface area contributed by atoms with Crippen LogP contribution in [-0.4, -0.2) is 51.6 Å². The van der Waals surface area contributed by atoms with E-state index in [0.717, 1.165) is 42.4 Å². The first-order valence-corrected chi connectivity index (χ1v) is 14.0. The summed E-state index contributed by atoms with van der Waals surface area (Å²) in [6.07, 6.45) is 3.87. The van der Waals surface area contributed by atoms with Gasteiger partial charge in [-0.3, -0.25) is 4.72 Å². The van der Waals surface area contributed by atoms with E-state index < -0.39 is 38.8 Å². The van der Waals surface area contributed by atoms with Crippen molar-refractivity contribution in [2.45, 2.75) is 24.8 Å². The number of sulfonamides is 1. The van der Waals surface area contributed by atoms with E-state index in [9.17, 15) is 17.2 Å². The number of nitrogens with one attached hydrogen (secondary N) is 2. The number of likely N-dealkylation sites (N-methyl/N-ethyl adjacent to an activating group) is 1. The molecule has 2 N–H and O–H groups in total. The number of hydrogen-bond donors (Lipinski definition) is 2. The van der Waals surface area contributed by atoms with Crippen LogP contribution in [0.15, 0.2) is 59.9 Å². The van der Waals surface area contributed by atoms with Gasteiger partial charge < -0.3 is 10.2 Å². The smallest absolute Gasteiger partial charge is 0.262 e. The van der Waals surface area contributed by atoms with Gasteiger partial charge in [-0.1, -0.05) is 6.07 Å². The molecule has 0 saturated carbocycles. The van der Waals surface area contributed by atoms with E-state index in [1.807, 2.05) is 7.05 Å². The molecule has 14 heteroatoms. The van der Waals surface area contributed by atoms with Crippen molar-refractivity contribution in [2.75, 3.05) is 23.6 Å². The van der Waals surface area contributed by atoms with Gasteiger partial charge in [0.2, 0.25) is 0 Å². The molecular weight excluding hydrogens is 557 g/mol. The van der Waals surface area contributed by atoms with Crippen molar-refractivity contribution in [3.63, 3.8) is 0 Å². The van der Waals surface area contributed by atoms with Gasteiger partial charge in [0.15, 0.2) is 17.5 Å². The first-order valence-electron chi connectivity index (χ1n) is 12.5.